The van der Waals surface area contributed by atoms with Crippen molar-refractivity contribution in [2.24, 2.45) is 4.99 Å². The largest absolute Gasteiger partial charge is 0.496 e. The maximum Gasteiger partial charge on any atom is 0.267 e. The van der Waals surface area contributed by atoms with Crippen molar-refractivity contribution < 1.29 is 9.53 Å². The summed E-state index contributed by atoms with van der Waals surface area (Å²) in [5, 5.41) is 0.679. The van der Waals surface area contributed by atoms with Crippen LogP contribution in [0.25, 0.3) is 6.08 Å². The van der Waals surface area contributed by atoms with Crippen molar-refractivity contribution in [2.45, 2.75) is 19.9 Å². The van der Waals surface area contributed by atoms with E-state index < -0.39 is 0 Å². The van der Waals surface area contributed by atoms with Crippen LogP contribution >= 0.6 is 11.8 Å². The molecule has 1 fully saturated rings. The van der Waals surface area contributed by atoms with Crippen molar-refractivity contribution >= 4 is 34.6 Å². The lowest BCUT2D eigenvalue weighted by atomic mass is 10.1. The fraction of sp³-hybridized carbons (Fsp3) is 0.154. The number of para-hydroxylation sites is 1. The molecule has 0 aromatic heterocycles. The molecule has 1 amide bonds. The summed E-state index contributed by atoms with van der Waals surface area (Å²) >= 11 is 1.40. The Hall–Kier alpha value is -3.31. The third-order valence-electron chi connectivity index (χ3n) is 5.22. The predicted molar refractivity (Wildman–Crippen MR) is 129 cm³/mol. The van der Waals surface area contributed by atoms with Crippen molar-refractivity contribution in [1.82, 2.24) is 4.90 Å². The SMILES string of the molecule is COc1cc(/C=C2/SC(=Nc3ccccc3)N([C@@H](C)c3ccccc3)C2=O)ccc1C. The molecule has 1 aliphatic heterocycles. The molecule has 0 saturated carbocycles. The number of amidine groups is 1. The van der Waals surface area contributed by atoms with E-state index in [1.165, 1.54) is 11.8 Å². The number of benzene rings is 3. The Kier molecular flexibility index (Phi) is 6.23. The van der Waals surface area contributed by atoms with Gasteiger partial charge in [0.15, 0.2) is 5.17 Å². The average molecular weight is 429 g/mol. The smallest absolute Gasteiger partial charge is 0.267 e. The highest BCUT2D eigenvalue weighted by atomic mass is 32.2. The first kappa shape index (κ1) is 20.9. The van der Waals surface area contributed by atoms with Gasteiger partial charge in [-0.1, -0.05) is 60.7 Å². The van der Waals surface area contributed by atoms with Gasteiger partial charge in [0.2, 0.25) is 0 Å². The monoisotopic (exact) mass is 428 g/mol. The minimum absolute atomic E-state index is 0.0458. The molecular weight excluding hydrogens is 404 g/mol. The van der Waals surface area contributed by atoms with E-state index in [0.717, 1.165) is 28.1 Å². The second-order valence-corrected chi connectivity index (χ2v) is 8.34. The topological polar surface area (TPSA) is 41.9 Å². The number of aliphatic imine (C=N–C) groups is 1. The summed E-state index contributed by atoms with van der Waals surface area (Å²) in [7, 11) is 1.66. The maximum absolute atomic E-state index is 13.5. The van der Waals surface area contributed by atoms with Gasteiger partial charge in [-0.3, -0.25) is 9.69 Å². The van der Waals surface area contributed by atoms with Gasteiger partial charge in [0, 0.05) is 0 Å². The van der Waals surface area contributed by atoms with E-state index in [1.807, 2.05) is 98.8 Å². The van der Waals surface area contributed by atoms with Crippen molar-refractivity contribution in [1.29, 1.82) is 0 Å². The van der Waals surface area contributed by atoms with Gasteiger partial charge in [0.1, 0.15) is 5.75 Å². The molecule has 1 saturated heterocycles. The maximum atomic E-state index is 13.5. The Morgan fingerprint density at radius 2 is 1.68 bits per heavy atom. The van der Waals surface area contributed by atoms with Gasteiger partial charge in [-0.15, -0.1) is 0 Å². The Balaban J connectivity index is 1.74. The second kappa shape index (κ2) is 9.23. The number of nitrogens with zero attached hydrogens (tertiary/aromatic N) is 2. The molecule has 1 atom stereocenters. The highest BCUT2D eigenvalue weighted by Gasteiger charge is 2.37. The normalized spacial score (nSPS) is 17.4. The van der Waals surface area contributed by atoms with Crippen LogP contribution in [0.2, 0.25) is 0 Å². The Morgan fingerprint density at radius 3 is 2.35 bits per heavy atom. The molecule has 3 aromatic rings. The molecule has 0 N–H and O–H groups in total. The molecule has 1 heterocycles. The average Bonchev–Trinajstić information content (AvgIpc) is 3.10. The number of carbonyl (C=O) groups excluding carboxylic acids is 1. The summed E-state index contributed by atoms with van der Waals surface area (Å²) in [5.41, 5.74) is 3.86. The van der Waals surface area contributed by atoms with E-state index in [2.05, 4.69) is 0 Å². The van der Waals surface area contributed by atoms with Crippen LogP contribution in [0.3, 0.4) is 0 Å². The third kappa shape index (κ3) is 4.57. The Labute approximate surface area is 187 Å². The molecule has 4 rings (SSSR count). The van der Waals surface area contributed by atoms with E-state index in [0.29, 0.717) is 10.1 Å². The summed E-state index contributed by atoms with van der Waals surface area (Å²) in [6.07, 6.45) is 1.91. The molecule has 0 spiro atoms. The minimum Gasteiger partial charge on any atom is -0.496 e. The molecular formula is C26H24N2O2S. The first-order valence-electron chi connectivity index (χ1n) is 10.1. The number of hydrogen-bond donors (Lipinski definition) is 0. The van der Waals surface area contributed by atoms with E-state index in [-0.39, 0.29) is 11.9 Å². The fourth-order valence-corrected chi connectivity index (χ4v) is 4.55. The molecule has 0 unspecified atom stereocenters. The van der Waals surface area contributed by atoms with Gasteiger partial charge in [-0.25, -0.2) is 4.99 Å². The zero-order valence-corrected chi connectivity index (χ0v) is 18.6. The summed E-state index contributed by atoms with van der Waals surface area (Å²) in [6, 6.07) is 25.6. The van der Waals surface area contributed by atoms with E-state index >= 15 is 0 Å². The second-order valence-electron chi connectivity index (χ2n) is 7.33. The number of methoxy groups -OCH3 is 1. The summed E-state index contributed by atoms with van der Waals surface area (Å²) in [6.45, 7) is 4.03. The predicted octanol–water partition coefficient (Wildman–Crippen LogP) is 6.37. The lowest BCUT2D eigenvalue weighted by molar-refractivity contribution is -0.123. The van der Waals surface area contributed by atoms with Gasteiger partial charge < -0.3 is 4.74 Å². The van der Waals surface area contributed by atoms with Crippen LogP contribution in [0.1, 0.15) is 29.7 Å². The highest BCUT2D eigenvalue weighted by Crippen LogP contribution is 2.39. The van der Waals surface area contributed by atoms with E-state index in [4.69, 9.17) is 9.73 Å². The van der Waals surface area contributed by atoms with E-state index in [1.54, 1.807) is 12.0 Å². The number of carbonyl (C=O) groups is 1. The van der Waals surface area contributed by atoms with Crippen LogP contribution in [0.4, 0.5) is 5.69 Å². The number of hydrogen-bond acceptors (Lipinski definition) is 4. The first-order chi connectivity index (χ1) is 15.1. The standard InChI is InChI=1S/C26H24N2O2S/c1-18-14-15-20(16-23(18)30-3)17-24-25(29)28(19(2)21-10-6-4-7-11-21)26(31-24)27-22-12-8-5-9-13-22/h4-17,19H,1-3H3/b24-17+,27-26?/t19-/m0/s1. The van der Waals surface area contributed by atoms with Crippen molar-refractivity contribution in [3.05, 3.63) is 100 Å². The van der Waals surface area contributed by atoms with Crippen LogP contribution in [-0.2, 0) is 4.79 Å². The van der Waals surface area contributed by atoms with E-state index in [9.17, 15) is 4.79 Å². The molecule has 3 aromatic carbocycles. The van der Waals surface area contributed by atoms with Gasteiger partial charge in [0.05, 0.1) is 23.7 Å². The summed E-state index contributed by atoms with van der Waals surface area (Å²) in [5.74, 6) is 0.757. The highest BCUT2D eigenvalue weighted by molar-refractivity contribution is 8.18. The molecule has 156 valence electrons. The molecule has 1 aliphatic rings. The summed E-state index contributed by atoms with van der Waals surface area (Å²) < 4.78 is 5.44. The lowest BCUT2D eigenvalue weighted by Crippen LogP contribution is -2.32. The van der Waals surface area contributed by atoms with Crippen LogP contribution in [0, 0.1) is 6.92 Å². The zero-order chi connectivity index (χ0) is 21.8. The van der Waals surface area contributed by atoms with Gasteiger partial charge in [-0.05, 0) is 66.6 Å². The zero-order valence-electron chi connectivity index (χ0n) is 17.8. The Morgan fingerprint density at radius 1 is 1.00 bits per heavy atom. The number of amides is 1. The fourth-order valence-electron chi connectivity index (χ4n) is 3.48. The molecule has 5 heteroatoms. The van der Waals surface area contributed by atoms with Crippen LogP contribution in [-0.4, -0.2) is 23.1 Å². The van der Waals surface area contributed by atoms with Crippen LogP contribution < -0.4 is 4.74 Å². The number of thioether (sulfide) groups is 1. The third-order valence-corrected chi connectivity index (χ3v) is 6.20. The Bertz CT molecular complexity index is 1140. The number of rotatable bonds is 5. The molecule has 0 radical (unpaired) electrons. The van der Waals surface area contributed by atoms with Crippen LogP contribution in [0.5, 0.6) is 5.75 Å². The quantitative estimate of drug-likeness (QED) is 0.444. The minimum atomic E-state index is -0.137. The molecule has 0 aliphatic carbocycles. The first-order valence-corrected chi connectivity index (χ1v) is 10.9. The molecule has 0 bridgehead atoms. The molecule has 31 heavy (non-hydrogen) atoms. The number of ether oxygens (including phenoxy) is 1. The van der Waals surface area contributed by atoms with Gasteiger partial charge in [0.25, 0.3) is 5.91 Å². The van der Waals surface area contributed by atoms with Gasteiger partial charge in [-0.2, -0.15) is 0 Å². The number of aryl methyl sites for hydroxylation is 1. The van der Waals surface area contributed by atoms with Gasteiger partial charge >= 0.3 is 0 Å². The van der Waals surface area contributed by atoms with Crippen molar-refractivity contribution in [3.8, 4) is 5.75 Å². The van der Waals surface area contributed by atoms with Crippen molar-refractivity contribution in [2.75, 3.05) is 7.11 Å². The van der Waals surface area contributed by atoms with Crippen molar-refractivity contribution in [3.63, 3.8) is 0 Å². The summed E-state index contributed by atoms with van der Waals surface area (Å²) in [4.78, 5) is 20.7. The lowest BCUT2D eigenvalue weighted by Gasteiger charge is -2.24. The van der Waals surface area contributed by atoms with Crippen LogP contribution in [0.15, 0.2) is 88.8 Å². The molecule has 4 nitrogen and oxygen atoms in total.